The van der Waals surface area contributed by atoms with Crippen LogP contribution in [0.3, 0.4) is 0 Å². The van der Waals surface area contributed by atoms with Crippen molar-refractivity contribution in [3.63, 3.8) is 0 Å². The highest BCUT2D eigenvalue weighted by Gasteiger charge is 2.34. The van der Waals surface area contributed by atoms with E-state index in [0.717, 1.165) is 17.5 Å². The van der Waals surface area contributed by atoms with Crippen molar-refractivity contribution in [2.45, 2.75) is 19.8 Å². The number of amides is 2. The van der Waals surface area contributed by atoms with Crippen LogP contribution < -0.4 is 16.0 Å². The van der Waals surface area contributed by atoms with Crippen LogP contribution in [0.25, 0.3) is 5.57 Å². The first kappa shape index (κ1) is 33.6. The highest BCUT2D eigenvalue weighted by molar-refractivity contribution is 6.11. The van der Waals surface area contributed by atoms with Gasteiger partial charge in [0, 0.05) is 45.0 Å². The van der Waals surface area contributed by atoms with E-state index in [-0.39, 0.29) is 47.2 Å². The molecule has 0 unspecified atom stereocenters. The van der Waals surface area contributed by atoms with E-state index in [1.54, 1.807) is 36.2 Å². The number of nitrogen functional groups attached to an aromatic ring is 1. The van der Waals surface area contributed by atoms with E-state index in [2.05, 4.69) is 26.4 Å². The normalized spacial score (nSPS) is 16.3. The van der Waals surface area contributed by atoms with Crippen molar-refractivity contribution < 1.29 is 9.59 Å². The van der Waals surface area contributed by atoms with Gasteiger partial charge in [-0.25, -0.2) is 9.98 Å². The van der Waals surface area contributed by atoms with E-state index in [9.17, 15) is 9.59 Å². The fourth-order valence-electron chi connectivity index (χ4n) is 5.86. The van der Waals surface area contributed by atoms with Gasteiger partial charge < -0.3 is 16.0 Å². The number of carbonyl (C=O) groups excluding carboxylic acids is 2. The molecule has 0 bridgehead atoms. The number of aliphatic imine (C=N–C) groups is 1. The number of nitriles is 1. The molecule has 2 aromatic heterocycles. The minimum Gasteiger partial charge on any atom is -0.397 e. The van der Waals surface area contributed by atoms with E-state index < -0.39 is 0 Å². The van der Waals surface area contributed by atoms with Crippen LogP contribution in [0.4, 0.5) is 11.5 Å². The molecule has 13 heteroatoms. The maximum absolute atomic E-state index is 13.7. The number of anilines is 2. The Balaban J connectivity index is 1.16. The number of aromatic nitrogens is 2. The van der Waals surface area contributed by atoms with Crippen LogP contribution >= 0.6 is 0 Å². The SMILES string of the molecule is CCN(C(=O)[C@@H]1CCN(CC(=O)N2CC=C(c3ccc(C(=N)/N=C\NC)cc3)CC2)C1)c1ccc(N)c(C(=N)c2ccc(C#N)cn2)n1. The third-order valence-corrected chi connectivity index (χ3v) is 8.55. The summed E-state index contributed by atoms with van der Waals surface area (Å²) in [7, 11) is 1.74. The fraction of sp³-hybridized carbons (Fsp3) is 0.314. The molecule has 2 aliphatic rings. The van der Waals surface area contributed by atoms with Crippen molar-refractivity contribution in [1.29, 1.82) is 16.1 Å². The monoisotopic (exact) mass is 645 g/mol. The summed E-state index contributed by atoms with van der Waals surface area (Å²) in [4.78, 5) is 45.2. The first-order chi connectivity index (χ1) is 23.2. The largest absolute Gasteiger partial charge is 0.397 e. The maximum atomic E-state index is 13.7. The lowest BCUT2D eigenvalue weighted by Crippen LogP contribution is -2.42. The van der Waals surface area contributed by atoms with Crippen LogP contribution in [0.15, 0.2) is 65.8 Å². The molecule has 1 fully saturated rings. The van der Waals surface area contributed by atoms with Crippen molar-refractivity contribution in [1.82, 2.24) is 25.1 Å². The number of carbonyl (C=O) groups is 2. The predicted octanol–water partition coefficient (Wildman–Crippen LogP) is 2.91. The molecule has 1 aromatic carbocycles. The average molecular weight is 646 g/mol. The fourth-order valence-corrected chi connectivity index (χ4v) is 5.86. The Hall–Kier alpha value is -5.74. The van der Waals surface area contributed by atoms with Crippen LogP contribution in [-0.4, -0.2) is 95.8 Å². The summed E-state index contributed by atoms with van der Waals surface area (Å²) in [6.45, 7) is 4.76. The van der Waals surface area contributed by atoms with E-state index in [0.29, 0.717) is 56.2 Å². The van der Waals surface area contributed by atoms with Gasteiger partial charge in [0.05, 0.1) is 35.7 Å². The Morgan fingerprint density at radius 3 is 2.60 bits per heavy atom. The third-order valence-electron chi connectivity index (χ3n) is 8.55. The highest BCUT2D eigenvalue weighted by atomic mass is 16.2. The molecule has 0 aliphatic carbocycles. The first-order valence-electron chi connectivity index (χ1n) is 15.8. The summed E-state index contributed by atoms with van der Waals surface area (Å²) in [6, 6.07) is 16.2. The molecule has 48 heavy (non-hydrogen) atoms. The van der Waals surface area contributed by atoms with Crippen molar-refractivity contribution >= 4 is 46.8 Å². The number of hydrogen-bond donors (Lipinski definition) is 4. The summed E-state index contributed by atoms with van der Waals surface area (Å²) >= 11 is 0. The third kappa shape index (κ3) is 7.62. The zero-order chi connectivity index (χ0) is 34.2. The van der Waals surface area contributed by atoms with E-state index >= 15 is 0 Å². The van der Waals surface area contributed by atoms with Gasteiger partial charge in [-0.2, -0.15) is 5.26 Å². The second-order valence-corrected chi connectivity index (χ2v) is 11.6. The quantitative estimate of drug-likeness (QED) is 0.191. The van der Waals surface area contributed by atoms with Crippen LogP contribution in [0, 0.1) is 28.1 Å². The summed E-state index contributed by atoms with van der Waals surface area (Å²) in [6.07, 6.45) is 6.32. The molecule has 5 N–H and O–H groups in total. The van der Waals surface area contributed by atoms with Crippen molar-refractivity contribution in [3.05, 3.63) is 88.9 Å². The van der Waals surface area contributed by atoms with Crippen molar-refractivity contribution in [2.75, 3.05) is 56.9 Å². The number of nitrogens with two attached hydrogens (primary N) is 1. The molecule has 246 valence electrons. The average Bonchev–Trinajstić information content (AvgIpc) is 3.59. The molecular weight excluding hydrogens is 606 g/mol. The van der Waals surface area contributed by atoms with Crippen LogP contribution in [0.5, 0.6) is 0 Å². The molecule has 0 spiro atoms. The van der Waals surface area contributed by atoms with Gasteiger partial charge in [-0.15, -0.1) is 0 Å². The van der Waals surface area contributed by atoms with Crippen molar-refractivity contribution in [2.24, 2.45) is 10.9 Å². The molecule has 1 saturated heterocycles. The number of rotatable bonds is 10. The Morgan fingerprint density at radius 1 is 1.17 bits per heavy atom. The molecule has 0 radical (unpaired) electrons. The molecule has 5 rings (SSSR count). The number of pyridine rings is 2. The molecule has 2 amide bonds. The van der Waals surface area contributed by atoms with E-state index in [1.807, 2.05) is 47.1 Å². The van der Waals surface area contributed by atoms with Gasteiger partial charge in [-0.3, -0.25) is 35.2 Å². The van der Waals surface area contributed by atoms with Gasteiger partial charge in [0.1, 0.15) is 23.3 Å². The molecule has 0 saturated carbocycles. The van der Waals surface area contributed by atoms with Crippen LogP contribution in [-0.2, 0) is 9.59 Å². The number of amidine groups is 1. The Labute approximate surface area is 279 Å². The van der Waals surface area contributed by atoms with Gasteiger partial charge in [0.2, 0.25) is 11.8 Å². The Bertz CT molecular complexity index is 1790. The summed E-state index contributed by atoms with van der Waals surface area (Å²) in [5.41, 5.74) is 10.3. The van der Waals surface area contributed by atoms with Gasteiger partial charge in [-0.05, 0) is 61.7 Å². The molecule has 13 nitrogen and oxygen atoms in total. The standard InChI is InChI=1S/C35H39N11O2/c1-3-46(30-11-9-28(37)33(43-30)32(38)29-10-4-23(18-36)19-41-29)35(48)27-12-15-44(20-27)21-31(47)45-16-13-25(14-17-45)24-5-7-26(8-6-24)34(39)42-22-40-2/h4-11,13,19,22,27,38H,3,12,14-17,20-21,37H2,1-2H3,(H2,39,40,42)/t27-/m1/s1. The van der Waals surface area contributed by atoms with E-state index in [4.69, 9.17) is 21.8 Å². The second kappa shape index (κ2) is 15.2. The summed E-state index contributed by atoms with van der Waals surface area (Å²) in [5, 5.41) is 28.5. The number of nitrogens with one attached hydrogen (secondary N) is 3. The highest BCUT2D eigenvalue weighted by Crippen LogP contribution is 2.26. The smallest absolute Gasteiger partial charge is 0.237 e. The van der Waals surface area contributed by atoms with Gasteiger partial charge in [-0.1, -0.05) is 30.3 Å². The molecule has 1 atom stereocenters. The zero-order valence-corrected chi connectivity index (χ0v) is 27.1. The summed E-state index contributed by atoms with van der Waals surface area (Å²) < 4.78 is 0. The first-order valence-corrected chi connectivity index (χ1v) is 15.8. The zero-order valence-electron chi connectivity index (χ0n) is 27.1. The number of nitrogens with zero attached hydrogens (tertiary/aromatic N) is 7. The molecule has 2 aliphatic heterocycles. The summed E-state index contributed by atoms with van der Waals surface area (Å²) in [5.74, 6) is 0.243. The van der Waals surface area contributed by atoms with Gasteiger partial charge >= 0.3 is 0 Å². The lowest BCUT2D eigenvalue weighted by Gasteiger charge is -2.29. The van der Waals surface area contributed by atoms with Crippen LogP contribution in [0.2, 0.25) is 0 Å². The minimum absolute atomic E-state index is 0.00200. The maximum Gasteiger partial charge on any atom is 0.237 e. The number of hydrogen-bond acceptors (Lipinski definition) is 9. The molecular formula is C35H39N11O2. The van der Waals surface area contributed by atoms with Crippen LogP contribution in [0.1, 0.15) is 47.8 Å². The number of likely N-dealkylation sites (tertiary alicyclic amines) is 1. The topological polar surface area (TPSA) is 192 Å². The molecule has 3 aromatic rings. The van der Waals surface area contributed by atoms with Gasteiger partial charge in [0.25, 0.3) is 0 Å². The second-order valence-electron chi connectivity index (χ2n) is 11.6. The minimum atomic E-state index is -0.290. The Kier molecular flexibility index (Phi) is 10.7. The predicted molar refractivity (Wildman–Crippen MR) is 186 cm³/mol. The van der Waals surface area contributed by atoms with Crippen molar-refractivity contribution in [3.8, 4) is 6.07 Å². The lowest BCUT2D eigenvalue weighted by atomic mass is 9.98. The van der Waals surface area contributed by atoms with E-state index in [1.165, 1.54) is 18.1 Å². The van der Waals surface area contributed by atoms with Gasteiger partial charge in [0.15, 0.2) is 5.84 Å². The lowest BCUT2D eigenvalue weighted by molar-refractivity contribution is -0.132. The number of benzene rings is 1. The molecule has 4 heterocycles. The Morgan fingerprint density at radius 2 is 1.96 bits per heavy atom.